The van der Waals surface area contributed by atoms with E-state index in [1.54, 1.807) is 48.9 Å². The molecule has 0 aliphatic carbocycles. The van der Waals surface area contributed by atoms with Crippen LogP contribution in [0.15, 0.2) is 55.2 Å². The quantitative estimate of drug-likeness (QED) is 0.708. The van der Waals surface area contributed by atoms with Crippen molar-refractivity contribution in [3.05, 3.63) is 60.8 Å². The fourth-order valence-electron chi connectivity index (χ4n) is 1.76. The molecule has 0 radical (unpaired) electrons. The molecule has 0 spiro atoms. The highest BCUT2D eigenvalue weighted by Gasteiger charge is 2.06. The molecule has 0 unspecified atom stereocenters. The number of hydrogen-bond acceptors (Lipinski definition) is 5. The molecule has 7 nitrogen and oxygen atoms in total. The van der Waals surface area contributed by atoms with E-state index >= 15 is 0 Å². The normalized spacial score (nSPS) is 10.3. The van der Waals surface area contributed by atoms with Gasteiger partial charge in [-0.1, -0.05) is 0 Å². The Kier molecular flexibility index (Phi) is 3.30. The smallest absolute Gasteiger partial charge is 0.255 e. The lowest BCUT2D eigenvalue weighted by Gasteiger charge is -2.06. The first-order chi connectivity index (χ1) is 10.2. The Morgan fingerprint density at radius 1 is 1.14 bits per heavy atom. The number of amides is 1. The topological polar surface area (TPSA) is 98.7 Å². The Hall–Kier alpha value is -3.22. The number of rotatable bonds is 3. The maximum absolute atomic E-state index is 12.0. The molecule has 2 aromatic heterocycles. The van der Waals surface area contributed by atoms with Gasteiger partial charge in [-0.15, -0.1) is 0 Å². The van der Waals surface area contributed by atoms with Gasteiger partial charge in [0.1, 0.15) is 12.7 Å². The minimum atomic E-state index is -0.217. The molecule has 104 valence electrons. The summed E-state index contributed by atoms with van der Waals surface area (Å²) in [5, 5.41) is 6.74. The molecule has 21 heavy (non-hydrogen) atoms. The number of anilines is 2. The Balaban J connectivity index is 1.73. The van der Waals surface area contributed by atoms with Crippen molar-refractivity contribution in [2.24, 2.45) is 0 Å². The Morgan fingerprint density at radius 2 is 1.95 bits per heavy atom. The molecule has 0 atom stereocenters. The molecule has 0 saturated carbocycles. The molecule has 2 heterocycles. The van der Waals surface area contributed by atoms with E-state index in [1.165, 1.54) is 11.0 Å². The Morgan fingerprint density at radius 3 is 2.57 bits per heavy atom. The maximum Gasteiger partial charge on any atom is 0.255 e. The van der Waals surface area contributed by atoms with Gasteiger partial charge >= 0.3 is 0 Å². The van der Waals surface area contributed by atoms with Crippen LogP contribution in [0.3, 0.4) is 0 Å². The predicted molar refractivity (Wildman–Crippen MR) is 78.0 cm³/mol. The van der Waals surface area contributed by atoms with Crippen molar-refractivity contribution in [1.29, 1.82) is 0 Å². The predicted octanol–water partition coefficient (Wildman–Crippen LogP) is 1.50. The van der Waals surface area contributed by atoms with E-state index in [0.29, 0.717) is 22.8 Å². The first-order valence-electron chi connectivity index (χ1n) is 6.20. The third kappa shape index (κ3) is 2.86. The zero-order valence-corrected chi connectivity index (χ0v) is 11.0. The molecule has 0 aliphatic heterocycles. The molecule has 7 heteroatoms. The summed E-state index contributed by atoms with van der Waals surface area (Å²) in [7, 11) is 0. The molecule has 1 aromatic carbocycles. The third-order valence-corrected chi connectivity index (χ3v) is 2.83. The number of nitrogens with one attached hydrogen (secondary N) is 1. The zero-order chi connectivity index (χ0) is 14.7. The Bertz CT molecular complexity index is 734. The highest BCUT2D eigenvalue weighted by atomic mass is 16.1. The van der Waals surface area contributed by atoms with E-state index in [4.69, 9.17) is 5.73 Å². The molecule has 3 aromatic rings. The van der Waals surface area contributed by atoms with Crippen molar-refractivity contribution >= 4 is 17.3 Å². The second-order valence-corrected chi connectivity index (χ2v) is 4.32. The molecule has 3 N–H and O–H groups in total. The van der Waals surface area contributed by atoms with Gasteiger partial charge in [-0.2, -0.15) is 5.10 Å². The molecule has 0 aliphatic rings. The highest BCUT2D eigenvalue weighted by molar-refractivity contribution is 6.04. The second kappa shape index (κ2) is 5.41. The average Bonchev–Trinajstić information content (AvgIpc) is 3.03. The van der Waals surface area contributed by atoms with Crippen LogP contribution in [-0.4, -0.2) is 25.7 Å². The van der Waals surface area contributed by atoms with Gasteiger partial charge in [-0.05, 0) is 36.4 Å². The number of carbonyl (C=O) groups excluding carboxylic acids is 1. The van der Waals surface area contributed by atoms with Crippen LogP contribution < -0.4 is 11.1 Å². The molecule has 0 saturated heterocycles. The van der Waals surface area contributed by atoms with Crippen LogP contribution in [0.2, 0.25) is 0 Å². The summed E-state index contributed by atoms with van der Waals surface area (Å²) < 4.78 is 1.53. The summed E-state index contributed by atoms with van der Waals surface area (Å²) in [4.78, 5) is 20.1. The zero-order valence-electron chi connectivity index (χ0n) is 11.0. The third-order valence-electron chi connectivity index (χ3n) is 2.83. The number of nitrogens with two attached hydrogens (primary N) is 1. The van der Waals surface area contributed by atoms with Gasteiger partial charge in [-0.25, -0.2) is 14.6 Å². The standard InChI is InChI=1S/C14H12N6O/c15-11-3-1-10(2-4-11)14(21)19-12-5-6-13(17-7-12)20-9-16-8-18-20/h1-9H,15H2,(H,19,21). The molecule has 0 bridgehead atoms. The van der Waals surface area contributed by atoms with E-state index in [0.717, 1.165) is 0 Å². The van der Waals surface area contributed by atoms with Crippen LogP contribution in [0, 0.1) is 0 Å². The van der Waals surface area contributed by atoms with Crippen molar-refractivity contribution in [2.75, 3.05) is 11.1 Å². The number of hydrogen-bond donors (Lipinski definition) is 2. The molecule has 0 fully saturated rings. The lowest BCUT2D eigenvalue weighted by atomic mass is 10.2. The van der Waals surface area contributed by atoms with Gasteiger partial charge < -0.3 is 11.1 Å². The first kappa shape index (κ1) is 12.8. The summed E-state index contributed by atoms with van der Waals surface area (Å²) in [6.45, 7) is 0. The number of benzene rings is 1. The van der Waals surface area contributed by atoms with Gasteiger partial charge in [0.25, 0.3) is 5.91 Å². The summed E-state index contributed by atoms with van der Waals surface area (Å²) in [6.07, 6.45) is 4.54. The fourth-order valence-corrected chi connectivity index (χ4v) is 1.76. The minimum Gasteiger partial charge on any atom is -0.399 e. The highest BCUT2D eigenvalue weighted by Crippen LogP contribution is 2.11. The average molecular weight is 280 g/mol. The van der Waals surface area contributed by atoms with E-state index in [1.807, 2.05) is 0 Å². The largest absolute Gasteiger partial charge is 0.399 e. The van der Waals surface area contributed by atoms with Crippen LogP contribution in [0.5, 0.6) is 0 Å². The van der Waals surface area contributed by atoms with Gasteiger partial charge in [0.05, 0.1) is 11.9 Å². The minimum absolute atomic E-state index is 0.217. The van der Waals surface area contributed by atoms with Crippen molar-refractivity contribution in [2.45, 2.75) is 0 Å². The van der Waals surface area contributed by atoms with E-state index in [9.17, 15) is 4.79 Å². The molecule has 1 amide bonds. The lowest BCUT2D eigenvalue weighted by molar-refractivity contribution is 0.102. The van der Waals surface area contributed by atoms with Crippen LogP contribution in [0.4, 0.5) is 11.4 Å². The van der Waals surface area contributed by atoms with Crippen molar-refractivity contribution in [1.82, 2.24) is 19.7 Å². The van der Waals surface area contributed by atoms with E-state index < -0.39 is 0 Å². The van der Waals surface area contributed by atoms with Crippen LogP contribution >= 0.6 is 0 Å². The van der Waals surface area contributed by atoms with Crippen LogP contribution in [0.1, 0.15) is 10.4 Å². The van der Waals surface area contributed by atoms with Gasteiger partial charge in [0, 0.05) is 11.3 Å². The number of pyridine rings is 1. The number of aromatic nitrogens is 4. The van der Waals surface area contributed by atoms with Gasteiger partial charge in [-0.3, -0.25) is 4.79 Å². The molecular formula is C14H12N6O. The SMILES string of the molecule is Nc1ccc(C(=O)Nc2ccc(-n3cncn3)nc2)cc1. The van der Waals surface area contributed by atoms with Crippen LogP contribution in [-0.2, 0) is 0 Å². The van der Waals surface area contributed by atoms with Crippen molar-refractivity contribution in [3.63, 3.8) is 0 Å². The Labute approximate surface area is 120 Å². The number of carbonyl (C=O) groups is 1. The lowest BCUT2D eigenvalue weighted by Crippen LogP contribution is -2.12. The van der Waals surface area contributed by atoms with Crippen molar-refractivity contribution in [3.8, 4) is 5.82 Å². The fraction of sp³-hybridized carbons (Fsp3) is 0. The van der Waals surface area contributed by atoms with Gasteiger partial charge in [0.15, 0.2) is 5.82 Å². The summed E-state index contributed by atoms with van der Waals surface area (Å²) in [5.74, 6) is 0.406. The summed E-state index contributed by atoms with van der Waals surface area (Å²) in [5.41, 5.74) is 7.33. The number of nitrogen functional groups attached to an aromatic ring is 1. The molecule has 3 rings (SSSR count). The van der Waals surface area contributed by atoms with Crippen LogP contribution in [0.25, 0.3) is 5.82 Å². The first-order valence-corrected chi connectivity index (χ1v) is 6.20. The maximum atomic E-state index is 12.0. The number of nitrogens with zero attached hydrogens (tertiary/aromatic N) is 4. The van der Waals surface area contributed by atoms with Crippen molar-refractivity contribution < 1.29 is 4.79 Å². The van der Waals surface area contributed by atoms with E-state index in [2.05, 4.69) is 20.4 Å². The van der Waals surface area contributed by atoms with E-state index in [-0.39, 0.29) is 5.91 Å². The molecular weight excluding hydrogens is 268 g/mol. The summed E-state index contributed by atoms with van der Waals surface area (Å²) in [6, 6.07) is 10.2. The monoisotopic (exact) mass is 280 g/mol. The van der Waals surface area contributed by atoms with Gasteiger partial charge in [0.2, 0.25) is 0 Å². The summed E-state index contributed by atoms with van der Waals surface area (Å²) >= 11 is 0. The second-order valence-electron chi connectivity index (χ2n) is 4.32.